The molecule has 0 heterocycles. The lowest BCUT2D eigenvalue weighted by atomic mass is 10.1. The van der Waals surface area contributed by atoms with Crippen molar-refractivity contribution in [3.05, 3.63) is 23.8 Å². The quantitative estimate of drug-likeness (QED) is 0.811. The van der Waals surface area contributed by atoms with Gasteiger partial charge in [0.25, 0.3) is 0 Å². The van der Waals surface area contributed by atoms with E-state index in [1.165, 1.54) is 12.8 Å². The van der Waals surface area contributed by atoms with Crippen LogP contribution in [0, 0.1) is 0 Å². The third-order valence-corrected chi connectivity index (χ3v) is 4.16. The van der Waals surface area contributed by atoms with Crippen LogP contribution in [-0.4, -0.2) is 32.2 Å². The van der Waals surface area contributed by atoms with Gasteiger partial charge in [0.15, 0.2) is 11.5 Å². The van der Waals surface area contributed by atoms with Gasteiger partial charge in [-0.3, -0.25) is 4.79 Å². The molecule has 1 saturated carbocycles. The summed E-state index contributed by atoms with van der Waals surface area (Å²) in [6, 6.07) is 5.91. The van der Waals surface area contributed by atoms with Crippen molar-refractivity contribution in [2.75, 3.05) is 14.2 Å². The number of carbonyl (C=O) groups excluding carboxylic acids is 1. The average molecular weight is 306 g/mol. The summed E-state index contributed by atoms with van der Waals surface area (Å²) in [7, 11) is 3.23. The summed E-state index contributed by atoms with van der Waals surface area (Å²) in [4.78, 5) is 12.1. The highest BCUT2D eigenvalue weighted by atomic mass is 16.5. The maximum Gasteiger partial charge on any atom is 0.237 e. The van der Waals surface area contributed by atoms with Crippen LogP contribution in [0.4, 0.5) is 0 Å². The molecule has 22 heavy (non-hydrogen) atoms. The maximum absolute atomic E-state index is 12.1. The van der Waals surface area contributed by atoms with Crippen molar-refractivity contribution in [3.63, 3.8) is 0 Å². The molecule has 5 heteroatoms. The molecule has 1 atom stereocenters. The van der Waals surface area contributed by atoms with E-state index < -0.39 is 0 Å². The Morgan fingerprint density at radius 3 is 2.55 bits per heavy atom. The highest BCUT2D eigenvalue weighted by Crippen LogP contribution is 2.27. The van der Waals surface area contributed by atoms with E-state index in [0.29, 0.717) is 24.1 Å². The summed E-state index contributed by atoms with van der Waals surface area (Å²) < 4.78 is 10.5. The summed E-state index contributed by atoms with van der Waals surface area (Å²) in [5.74, 6) is 1.48. The van der Waals surface area contributed by atoms with Gasteiger partial charge in [0.1, 0.15) is 0 Å². The van der Waals surface area contributed by atoms with Crippen LogP contribution in [0.1, 0.15) is 38.2 Å². The molecule has 0 unspecified atom stereocenters. The molecular formula is C17H26N2O3. The predicted octanol–water partition coefficient (Wildman–Crippen LogP) is 2.24. The molecule has 1 amide bonds. The number of ether oxygens (including phenoxy) is 2. The zero-order valence-corrected chi connectivity index (χ0v) is 13.6. The van der Waals surface area contributed by atoms with Gasteiger partial charge in [0.2, 0.25) is 5.91 Å². The fourth-order valence-corrected chi connectivity index (χ4v) is 2.75. The van der Waals surface area contributed by atoms with Gasteiger partial charge < -0.3 is 20.1 Å². The number of hydrogen-bond acceptors (Lipinski definition) is 4. The van der Waals surface area contributed by atoms with E-state index in [1.54, 1.807) is 14.2 Å². The molecular weight excluding hydrogens is 280 g/mol. The molecule has 2 rings (SSSR count). The fraction of sp³-hybridized carbons (Fsp3) is 0.588. The van der Waals surface area contributed by atoms with E-state index in [-0.39, 0.29) is 11.9 Å². The van der Waals surface area contributed by atoms with Crippen LogP contribution >= 0.6 is 0 Å². The summed E-state index contributed by atoms with van der Waals surface area (Å²) in [6.07, 6.45) is 4.65. The number of benzene rings is 1. The summed E-state index contributed by atoms with van der Waals surface area (Å²) in [6.45, 7) is 2.50. The second-order valence-corrected chi connectivity index (χ2v) is 5.78. The molecule has 0 saturated heterocycles. The van der Waals surface area contributed by atoms with Crippen molar-refractivity contribution < 1.29 is 14.3 Å². The van der Waals surface area contributed by atoms with Crippen molar-refractivity contribution in [2.24, 2.45) is 0 Å². The van der Waals surface area contributed by atoms with Gasteiger partial charge in [0, 0.05) is 12.6 Å². The number of methoxy groups -OCH3 is 2. The van der Waals surface area contributed by atoms with Crippen molar-refractivity contribution in [1.82, 2.24) is 10.6 Å². The molecule has 0 aliphatic heterocycles. The number of rotatable bonds is 7. The third-order valence-electron chi connectivity index (χ3n) is 4.16. The second kappa shape index (κ2) is 8.03. The number of amides is 1. The minimum atomic E-state index is -0.214. The molecule has 1 fully saturated rings. The maximum atomic E-state index is 12.1. The Morgan fingerprint density at radius 2 is 1.91 bits per heavy atom. The topological polar surface area (TPSA) is 59.6 Å². The molecule has 0 bridgehead atoms. The minimum Gasteiger partial charge on any atom is -0.493 e. The van der Waals surface area contributed by atoms with Gasteiger partial charge in [-0.15, -0.1) is 0 Å². The highest BCUT2D eigenvalue weighted by molar-refractivity contribution is 5.81. The van der Waals surface area contributed by atoms with E-state index in [2.05, 4.69) is 10.6 Å². The zero-order chi connectivity index (χ0) is 15.9. The molecule has 2 N–H and O–H groups in total. The van der Waals surface area contributed by atoms with Crippen LogP contribution in [-0.2, 0) is 11.3 Å². The molecule has 0 radical (unpaired) electrons. The Hall–Kier alpha value is -1.75. The van der Waals surface area contributed by atoms with Crippen molar-refractivity contribution in [2.45, 2.75) is 51.2 Å². The van der Waals surface area contributed by atoms with E-state index in [4.69, 9.17) is 9.47 Å². The minimum absolute atomic E-state index is 0.0763. The lowest BCUT2D eigenvalue weighted by Gasteiger charge is -2.18. The summed E-state index contributed by atoms with van der Waals surface area (Å²) in [5.41, 5.74) is 1.05. The third kappa shape index (κ3) is 4.37. The van der Waals surface area contributed by atoms with Gasteiger partial charge in [-0.2, -0.15) is 0 Å². The lowest BCUT2D eigenvalue weighted by molar-refractivity contribution is -0.123. The molecule has 1 aliphatic rings. The highest BCUT2D eigenvalue weighted by Gasteiger charge is 2.20. The largest absolute Gasteiger partial charge is 0.493 e. The summed E-state index contributed by atoms with van der Waals surface area (Å²) in [5, 5.41) is 6.36. The van der Waals surface area contributed by atoms with E-state index in [9.17, 15) is 4.79 Å². The smallest absolute Gasteiger partial charge is 0.237 e. The first-order valence-corrected chi connectivity index (χ1v) is 7.88. The number of carbonyl (C=O) groups is 1. The standard InChI is InChI=1S/C17H26N2O3/c1-12(17(20)19-14-6-4-5-7-14)18-11-13-8-9-15(21-2)16(10-13)22-3/h8-10,12,14,18H,4-7,11H2,1-3H3,(H,19,20)/t12-/m1/s1. The Balaban J connectivity index is 1.84. The lowest BCUT2D eigenvalue weighted by Crippen LogP contribution is -2.45. The predicted molar refractivity (Wildman–Crippen MR) is 86.2 cm³/mol. The Morgan fingerprint density at radius 1 is 1.23 bits per heavy atom. The average Bonchev–Trinajstić information content (AvgIpc) is 3.05. The number of nitrogens with one attached hydrogen (secondary N) is 2. The van der Waals surface area contributed by atoms with Crippen LogP contribution < -0.4 is 20.1 Å². The molecule has 1 aromatic rings. The van der Waals surface area contributed by atoms with Gasteiger partial charge in [0.05, 0.1) is 20.3 Å². The van der Waals surface area contributed by atoms with E-state index in [0.717, 1.165) is 18.4 Å². The first kappa shape index (κ1) is 16.6. The van der Waals surface area contributed by atoms with Gasteiger partial charge in [-0.05, 0) is 37.5 Å². The fourth-order valence-electron chi connectivity index (χ4n) is 2.75. The second-order valence-electron chi connectivity index (χ2n) is 5.78. The zero-order valence-electron chi connectivity index (χ0n) is 13.6. The SMILES string of the molecule is COc1ccc(CN[C@H](C)C(=O)NC2CCCC2)cc1OC. The van der Waals surface area contributed by atoms with Crippen LogP contribution in [0.15, 0.2) is 18.2 Å². The van der Waals surface area contributed by atoms with Crippen LogP contribution in [0.3, 0.4) is 0 Å². The van der Waals surface area contributed by atoms with Crippen LogP contribution in [0.5, 0.6) is 11.5 Å². The van der Waals surface area contributed by atoms with E-state index in [1.807, 2.05) is 25.1 Å². The Kier molecular flexibility index (Phi) is 6.07. The Bertz CT molecular complexity index is 499. The first-order valence-electron chi connectivity index (χ1n) is 7.88. The van der Waals surface area contributed by atoms with Crippen molar-refractivity contribution in [3.8, 4) is 11.5 Å². The normalized spacial score (nSPS) is 16.3. The summed E-state index contributed by atoms with van der Waals surface area (Å²) >= 11 is 0. The van der Waals surface area contributed by atoms with Gasteiger partial charge >= 0.3 is 0 Å². The van der Waals surface area contributed by atoms with Crippen LogP contribution in [0.2, 0.25) is 0 Å². The number of hydrogen-bond donors (Lipinski definition) is 2. The van der Waals surface area contributed by atoms with Crippen LogP contribution in [0.25, 0.3) is 0 Å². The van der Waals surface area contributed by atoms with E-state index >= 15 is 0 Å². The van der Waals surface area contributed by atoms with Crippen molar-refractivity contribution in [1.29, 1.82) is 0 Å². The Labute approximate surface area is 132 Å². The molecule has 1 aliphatic carbocycles. The van der Waals surface area contributed by atoms with Crippen molar-refractivity contribution >= 4 is 5.91 Å². The molecule has 0 spiro atoms. The molecule has 0 aromatic heterocycles. The molecule has 5 nitrogen and oxygen atoms in total. The molecule has 122 valence electrons. The molecule has 1 aromatic carbocycles. The van der Waals surface area contributed by atoms with Gasteiger partial charge in [-0.25, -0.2) is 0 Å². The van der Waals surface area contributed by atoms with Gasteiger partial charge in [-0.1, -0.05) is 18.9 Å². The first-order chi connectivity index (χ1) is 10.6. The monoisotopic (exact) mass is 306 g/mol.